The van der Waals surface area contributed by atoms with Crippen molar-refractivity contribution in [2.24, 2.45) is 0 Å². The highest BCUT2D eigenvalue weighted by atomic mass is 35.5. The van der Waals surface area contributed by atoms with Gasteiger partial charge in [0.15, 0.2) is 0 Å². The number of carbonyl (C=O) groups is 2. The second kappa shape index (κ2) is 8.53. The molecule has 1 aromatic heterocycles. The maximum Gasteiger partial charge on any atom is 0.352 e. The Kier molecular flexibility index (Phi) is 5.90. The maximum absolute atomic E-state index is 12.1. The van der Waals surface area contributed by atoms with Gasteiger partial charge in [-0.3, -0.25) is 4.79 Å². The lowest BCUT2D eigenvalue weighted by Gasteiger charge is -2.08. The number of ether oxygens (including phenoxy) is 1. The molecular formula is C20H14ClNO4S. The second-order valence-corrected chi connectivity index (χ2v) is 6.75. The Balaban J connectivity index is 1.75. The first-order valence-corrected chi connectivity index (χ1v) is 9.11. The van der Waals surface area contributed by atoms with E-state index in [4.69, 9.17) is 16.3 Å². The molecule has 136 valence electrons. The fourth-order valence-electron chi connectivity index (χ4n) is 2.20. The molecule has 0 aliphatic heterocycles. The van der Waals surface area contributed by atoms with Crippen LogP contribution in [0.2, 0.25) is 5.02 Å². The third-order valence-corrected chi connectivity index (χ3v) is 4.66. The number of halogens is 1. The Morgan fingerprint density at radius 2 is 1.78 bits per heavy atom. The SMILES string of the molecule is O=C(O)C(=Cc1ccc(Oc2ccccc2Cl)cc1)NC(=O)c1cccs1. The van der Waals surface area contributed by atoms with Gasteiger partial charge in [-0.05, 0) is 47.4 Å². The summed E-state index contributed by atoms with van der Waals surface area (Å²) in [6, 6.07) is 17.2. The predicted octanol–water partition coefficient (Wildman–Crippen LogP) is 5.05. The Bertz CT molecular complexity index is 981. The summed E-state index contributed by atoms with van der Waals surface area (Å²) >= 11 is 7.30. The van der Waals surface area contributed by atoms with Crippen LogP contribution >= 0.6 is 22.9 Å². The molecule has 2 N–H and O–H groups in total. The van der Waals surface area contributed by atoms with E-state index in [0.29, 0.717) is 27.0 Å². The average molecular weight is 400 g/mol. The number of carboxylic acid groups (broad SMARTS) is 1. The molecule has 0 bridgehead atoms. The van der Waals surface area contributed by atoms with Crippen molar-refractivity contribution in [2.45, 2.75) is 0 Å². The Labute approximate surface area is 164 Å². The molecule has 0 unspecified atom stereocenters. The van der Waals surface area contributed by atoms with Crippen LogP contribution < -0.4 is 10.1 Å². The molecule has 0 atom stereocenters. The molecule has 0 saturated carbocycles. The molecule has 5 nitrogen and oxygen atoms in total. The Hall–Kier alpha value is -3.09. The number of carboxylic acids is 1. The van der Waals surface area contributed by atoms with E-state index in [2.05, 4.69) is 5.32 Å². The summed E-state index contributed by atoms with van der Waals surface area (Å²) in [5, 5.41) is 14.0. The number of para-hydroxylation sites is 1. The number of aliphatic carboxylic acids is 1. The Morgan fingerprint density at radius 3 is 2.41 bits per heavy atom. The van der Waals surface area contributed by atoms with E-state index in [1.165, 1.54) is 17.4 Å². The average Bonchev–Trinajstić information content (AvgIpc) is 3.19. The van der Waals surface area contributed by atoms with E-state index in [1.807, 2.05) is 6.07 Å². The van der Waals surface area contributed by atoms with Crippen LogP contribution in [0, 0.1) is 0 Å². The van der Waals surface area contributed by atoms with Crippen molar-refractivity contribution in [2.75, 3.05) is 0 Å². The monoisotopic (exact) mass is 399 g/mol. The van der Waals surface area contributed by atoms with Gasteiger partial charge in [-0.1, -0.05) is 41.9 Å². The fourth-order valence-corrected chi connectivity index (χ4v) is 2.99. The molecule has 1 heterocycles. The molecule has 3 aromatic rings. The van der Waals surface area contributed by atoms with Crippen LogP contribution in [0.4, 0.5) is 0 Å². The number of thiophene rings is 1. The number of rotatable bonds is 6. The van der Waals surface area contributed by atoms with Crippen molar-refractivity contribution in [3.8, 4) is 11.5 Å². The van der Waals surface area contributed by atoms with Crippen LogP contribution in [0.3, 0.4) is 0 Å². The zero-order chi connectivity index (χ0) is 19.2. The minimum atomic E-state index is -1.23. The van der Waals surface area contributed by atoms with Crippen LogP contribution in [-0.4, -0.2) is 17.0 Å². The molecule has 0 fully saturated rings. The van der Waals surface area contributed by atoms with E-state index < -0.39 is 11.9 Å². The number of hydrogen-bond acceptors (Lipinski definition) is 4. The molecule has 27 heavy (non-hydrogen) atoms. The van der Waals surface area contributed by atoms with E-state index in [1.54, 1.807) is 60.0 Å². The van der Waals surface area contributed by atoms with E-state index >= 15 is 0 Å². The highest BCUT2D eigenvalue weighted by Gasteiger charge is 2.14. The lowest BCUT2D eigenvalue weighted by Crippen LogP contribution is -2.26. The van der Waals surface area contributed by atoms with Crippen molar-refractivity contribution in [3.63, 3.8) is 0 Å². The van der Waals surface area contributed by atoms with Gasteiger partial charge in [0.1, 0.15) is 17.2 Å². The lowest BCUT2D eigenvalue weighted by atomic mass is 10.2. The van der Waals surface area contributed by atoms with Crippen molar-refractivity contribution in [3.05, 3.63) is 87.2 Å². The van der Waals surface area contributed by atoms with Crippen molar-refractivity contribution in [1.82, 2.24) is 5.32 Å². The minimum absolute atomic E-state index is 0.215. The van der Waals surface area contributed by atoms with Crippen LogP contribution in [-0.2, 0) is 4.79 Å². The summed E-state index contributed by atoms with van der Waals surface area (Å²) in [7, 11) is 0. The zero-order valence-electron chi connectivity index (χ0n) is 13.9. The van der Waals surface area contributed by atoms with E-state index in [0.717, 1.165) is 0 Å². The summed E-state index contributed by atoms with van der Waals surface area (Å²) in [4.78, 5) is 23.9. The van der Waals surface area contributed by atoms with Gasteiger partial charge in [-0.2, -0.15) is 0 Å². The molecular weight excluding hydrogens is 386 g/mol. The maximum atomic E-state index is 12.1. The summed E-state index contributed by atoms with van der Waals surface area (Å²) in [6.07, 6.45) is 1.38. The summed E-state index contributed by atoms with van der Waals surface area (Å²) in [6.45, 7) is 0. The molecule has 0 radical (unpaired) electrons. The third kappa shape index (κ3) is 4.97. The number of benzene rings is 2. The topological polar surface area (TPSA) is 75.6 Å². The minimum Gasteiger partial charge on any atom is -0.477 e. The first-order chi connectivity index (χ1) is 13.0. The van der Waals surface area contributed by atoms with Gasteiger partial charge >= 0.3 is 5.97 Å². The smallest absolute Gasteiger partial charge is 0.352 e. The van der Waals surface area contributed by atoms with Gasteiger partial charge in [-0.15, -0.1) is 11.3 Å². The predicted molar refractivity (Wildman–Crippen MR) is 105 cm³/mol. The number of amides is 1. The molecule has 2 aromatic carbocycles. The van der Waals surface area contributed by atoms with Gasteiger partial charge in [-0.25, -0.2) is 4.79 Å². The molecule has 0 saturated heterocycles. The van der Waals surface area contributed by atoms with Crippen LogP contribution in [0.25, 0.3) is 6.08 Å². The lowest BCUT2D eigenvalue weighted by molar-refractivity contribution is -0.132. The third-order valence-electron chi connectivity index (χ3n) is 3.48. The highest BCUT2D eigenvalue weighted by molar-refractivity contribution is 7.12. The van der Waals surface area contributed by atoms with Crippen molar-refractivity contribution in [1.29, 1.82) is 0 Å². The Morgan fingerprint density at radius 1 is 1.04 bits per heavy atom. The summed E-state index contributed by atoms with van der Waals surface area (Å²) in [5.41, 5.74) is 0.388. The fraction of sp³-hybridized carbons (Fsp3) is 0. The molecule has 7 heteroatoms. The van der Waals surface area contributed by atoms with Gasteiger partial charge in [0.2, 0.25) is 0 Å². The molecule has 1 amide bonds. The van der Waals surface area contributed by atoms with Gasteiger partial charge in [0, 0.05) is 0 Å². The standard InChI is InChI=1S/C20H14ClNO4S/c21-15-4-1-2-5-17(15)26-14-9-7-13(8-10-14)12-16(20(24)25)22-19(23)18-6-3-11-27-18/h1-12H,(H,22,23)(H,24,25). The van der Waals surface area contributed by atoms with Crippen LogP contribution in [0.15, 0.2) is 71.7 Å². The second-order valence-electron chi connectivity index (χ2n) is 5.40. The van der Waals surface area contributed by atoms with Crippen LogP contribution in [0.5, 0.6) is 11.5 Å². The molecule has 3 rings (SSSR count). The number of nitrogens with one attached hydrogen (secondary N) is 1. The normalized spacial score (nSPS) is 11.1. The van der Waals surface area contributed by atoms with Gasteiger partial charge < -0.3 is 15.2 Å². The summed E-state index contributed by atoms with van der Waals surface area (Å²) < 4.78 is 5.69. The molecule has 0 aliphatic carbocycles. The van der Waals surface area contributed by atoms with Crippen molar-refractivity contribution < 1.29 is 19.4 Å². The van der Waals surface area contributed by atoms with E-state index in [-0.39, 0.29) is 5.70 Å². The molecule has 0 spiro atoms. The zero-order valence-corrected chi connectivity index (χ0v) is 15.5. The number of hydrogen-bond donors (Lipinski definition) is 2. The quantitative estimate of drug-likeness (QED) is 0.569. The largest absolute Gasteiger partial charge is 0.477 e. The molecule has 0 aliphatic rings. The van der Waals surface area contributed by atoms with Gasteiger partial charge in [0.05, 0.1) is 9.90 Å². The van der Waals surface area contributed by atoms with Crippen LogP contribution in [0.1, 0.15) is 15.2 Å². The first-order valence-electron chi connectivity index (χ1n) is 7.85. The first kappa shape index (κ1) is 18.7. The summed E-state index contributed by atoms with van der Waals surface area (Å²) in [5.74, 6) is -0.606. The van der Waals surface area contributed by atoms with E-state index in [9.17, 15) is 14.7 Å². The highest BCUT2D eigenvalue weighted by Crippen LogP contribution is 2.29. The van der Waals surface area contributed by atoms with Crippen molar-refractivity contribution >= 4 is 40.9 Å². The number of carbonyl (C=O) groups excluding carboxylic acids is 1. The van der Waals surface area contributed by atoms with Gasteiger partial charge in [0.25, 0.3) is 5.91 Å².